The molecule has 1 aliphatic rings. The molecule has 0 aromatic heterocycles. The average molecular weight is 298 g/mol. The van der Waals surface area contributed by atoms with Crippen LogP contribution in [0, 0.1) is 5.92 Å². The summed E-state index contributed by atoms with van der Waals surface area (Å²) in [6, 6.07) is 0.476. The molecular formula is C16H34N4O. The van der Waals surface area contributed by atoms with Crippen LogP contribution < -0.4 is 10.6 Å². The number of aliphatic imine (C=N–C) groups is 1. The maximum Gasteiger partial charge on any atom is 0.191 e. The van der Waals surface area contributed by atoms with E-state index in [4.69, 9.17) is 9.73 Å². The predicted molar refractivity (Wildman–Crippen MR) is 89.9 cm³/mol. The molecule has 1 atom stereocenters. The van der Waals surface area contributed by atoms with Gasteiger partial charge in [0.15, 0.2) is 5.96 Å². The summed E-state index contributed by atoms with van der Waals surface area (Å²) < 4.78 is 5.46. The van der Waals surface area contributed by atoms with Crippen molar-refractivity contribution in [2.45, 2.75) is 53.1 Å². The van der Waals surface area contributed by atoms with E-state index >= 15 is 0 Å². The monoisotopic (exact) mass is 298 g/mol. The van der Waals surface area contributed by atoms with Crippen molar-refractivity contribution in [2.75, 3.05) is 39.4 Å². The minimum Gasteiger partial charge on any atom is -0.379 e. The molecule has 0 radical (unpaired) electrons. The molecule has 0 bridgehead atoms. The highest BCUT2D eigenvalue weighted by atomic mass is 16.5. The molecule has 1 aliphatic heterocycles. The van der Waals surface area contributed by atoms with Gasteiger partial charge in [0.1, 0.15) is 0 Å². The fourth-order valence-corrected chi connectivity index (χ4v) is 2.50. The normalized spacial score (nSPS) is 19.7. The molecule has 0 aliphatic carbocycles. The third kappa shape index (κ3) is 7.14. The number of guanidine groups is 1. The van der Waals surface area contributed by atoms with Crippen molar-refractivity contribution in [1.82, 2.24) is 15.5 Å². The summed E-state index contributed by atoms with van der Waals surface area (Å²) in [5.74, 6) is 1.49. The second-order valence-electron chi connectivity index (χ2n) is 7.05. The molecule has 1 unspecified atom stereocenters. The number of hydrogen-bond acceptors (Lipinski definition) is 3. The first-order chi connectivity index (χ1) is 9.83. The summed E-state index contributed by atoms with van der Waals surface area (Å²) in [5.41, 5.74) is 0.0211. The third-order valence-corrected chi connectivity index (χ3v) is 3.56. The van der Waals surface area contributed by atoms with Gasteiger partial charge in [0.25, 0.3) is 0 Å². The molecule has 0 aromatic carbocycles. The topological polar surface area (TPSA) is 48.9 Å². The molecule has 1 rings (SSSR count). The number of nitrogens with one attached hydrogen (secondary N) is 2. The van der Waals surface area contributed by atoms with E-state index in [2.05, 4.69) is 57.1 Å². The highest BCUT2D eigenvalue weighted by molar-refractivity contribution is 5.80. The second kappa shape index (κ2) is 8.59. The van der Waals surface area contributed by atoms with Crippen molar-refractivity contribution in [3.8, 4) is 0 Å². The van der Waals surface area contributed by atoms with Gasteiger partial charge >= 0.3 is 0 Å². The lowest BCUT2D eigenvalue weighted by Gasteiger charge is -2.36. The van der Waals surface area contributed by atoms with E-state index in [9.17, 15) is 0 Å². The summed E-state index contributed by atoms with van der Waals surface area (Å²) in [5, 5.41) is 6.78. The quantitative estimate of drug-likeness (QED) is 0.599. The largest absolute Gasteiger partial charge is 0.379 e. The summed E-state index contributed by atoms with van der Waals surface area (Å²) >= 11 is 0. The molecule has 124 valence electrons. The number of nitrogens with zero attached hydrogens (tertiary/aromatic N) is 2. The molecule has 21 heavy (non-hydrogen) atoms. The smallest absolute Gasteiger partial charge is 0.191 e. The summed E-state index contributed by atoms with van der Waals surface area (Å²) in [4.78, 5) is 7.32. The van der Waals surface area contributed by atoms with Gasteiger partial charge in [0, 0.05) is 31.2 Å². The minimum atomic E-state index is 0.0211. The number of hydrogen-bond donors (Lipinski definition) is 2. The maximum absolute atomic E-state index is 5.46. The van der Waals surface area contributed by atoms with Gasteiger partial charge in [-0.3, -0.25) is 9.89 Å². The zero-order chi connectivity index (χ0) is 15.9. The lowest BCUT2D eigenvalue weighted by Crippen LogP contribution is -2.50. The standard InChI is InChI=1S/C16H34N4O/c1-7-17-15(19-16(4,5)6)18-12-14(13(2)3)20-8-10-21-11-9-20/h13-14H,7-12H2,1-6H3,(H2,17,18,19). The average Bonchev–Trinajstić information content (AvgIpc) is 2.38. The molecular weight excluding hydrogens is 264 g/mol. The molecule has 1 fully saturated rings. The molecule has 0 saturated carbocycles. The molecule has 2 N–H and O–H groups in total. The Balaban J connectivity index is 2.68. The van der Waals surface area contributed by atoms with Gasteiger partial charge in [0.2, 0.25) is 0 Å². The Bertz CT molecular complexity index is 317. The Hall–Kier alpha value is -0.810. The van der Waals surface area contributed by atoms with Crippen molar-refractivity contribution in [3.05, 3.63) is 0 Å². The SMILES string of the molecule is CCNC(=NCC(C(C)C)N1CCOCC1)NC(C)(C)C. The molecule has 5 nitrogen and oxygen atoms in total. The van der Waals surface area contributed by atoms with Crippen LogP contribution in [0.2, 0.25) is 0 Å². The van der Waals surface area contributed by atoms with Crippen LogP contribution in [-0.4, -0.2) is 61.8 Å². The van der Waals surface area contributed by atoms with Crippen LogP contribution in [0.5, 0.6) is 0 Å². The van der Waals surface area contributed by atoms with Gasteiger partial charge in [-0.2, -0.15) is 0 Å². The van der Waals surface area contributed by atoms with Crippen molar-refractivity contribution >= 4 is 5.96 Å². The van der Waals surface area contributed by atoms with E-state index in [1.54, 1.807) is 0 Å². The zero-order valence-corrected chi connectivity index (χ0v) is 14.7. The predicted octanol–water partition coefficient (Wildman–Crippen LogP) is 1.70. The Kier molecular flexibility index (Phi) is 7.46. The van der Waals surface area contributed by atoms with Crippen molar-refractivity contribution in [1.29, 1.82) is 0 Å². The van der Waals surface area contributed by atoms with E-state index in [-0.39, 0.29) is 5.54 Å². The van der Waals surface area contributed by atoms with E-state index < -0.39 is 0 Å². The fraction of sp³-hybridized carbons (Fsp3) is 0.938. The highest BCUT2D eigenvalue weighted by Crippen LogP contribution is 2.13. The van der Waals surface area contributed by atoms with Crippen molar-refractivity contribution in [3.63, 3.8) is 0 Å². The van der Waals surface area contributed by atoms with Crippen molar-refractivity contribution in [2.24, 2.45) is 10.9 Å². The number of rotatable bonds is 5. The van der Waals surface area contributed by atoms with Gasteiger partial charge in [-0.25, -0.2) is 0 Å². The van der Waals surface area contributed by atoms with Crippen LogP contribution in [0.1, 0.15) is 41.5 Å². The van der Waals surface area contributed by atoms with Crippen molar-refractivity contribution < 1.29 is 4.74 Å². The molecule has 0 aromatic rings. The van der Waals surface area contributed by atoms with Gasteiger partial charge in [-0.15, -0.1) is 0 Å². The summed E-state index contributed by atoms with van der Waals surface area (Å²) in [7, 11) is 0. The van der Waals surface area contributed by atoms with Crippen LogP contribution in [-0.2, 0) is 4.74 Å². The lowest BCUT2D eigenvalue weighted by molar-refractivity contribution is 0.00867. The van der Waals surface area contributed by atoms with Crippen LogP contribution in [0.3, 0.4) is 0 Å². The first-order valence-corrected chi connectivity index (χ1v) is 8.21. The number of ether oxygens (including phenoxy) is 1. The second-order valence-corrected chi connectivity index (χ2v) is 7.05. The molecule has 1 saturated heterocycles. The van der Waals surface area contributed by atoms with Gasteiger partial charge in [-0.05, 0) is 33.6 Å². The maximum atomic E-state index is 5.46. The summed E-state index contributed by atoms with van der Waals surface area (Å²) in [6.45, 7) is 18.5. The first kappa shape index (κ1) is 18.2. The van der Waals surface area contributed by atoms with Gasteiger partial charge in [0.05, 0.1) is 19.8 Å². The molecule has 1 heterocycles. The van der Waals surface area contributed by atoms with Crippen LogP contribution in [0.4, 0.5) is 0 Å². The minimum absolute atomic E-state index is 0.0211. The van der Waals surface area contributed by atoms with E-state index in [1.165, 1.54) is 0 Å². The van der Waals surface area contributed by atoms with Crippen LogP contribution in [0.15, 0.2) is 4.99 Å². The molecule has 5 heteroatoms. The van der Waals surface area contributed by atoms with Gasteiger partial charge < -0.3 is 15.4 Å². The molecule has 0 spiro atoms. The molecule has 0 amide bonds. The summed E-state index contributed by atoms with van der Waals surface area (Å²) in [6.07, 6.45) is 0. The zero-order valence-electron chi connectivity index (χ0n) is 14.7. The Morgan fingerprint density at radius 2 is 1.86 bits per heavy atom. The van der Waals surface area contributed by atoms with Crippen LogP contribution in [0.25, 0.3) is 0 Å². The Labute approximate surface area is 130 Å². The van der Waals surface area contributed by atoms with E-state index in [0.29, 0.717) is 12.0 Å². The van der Waals surface area contributed by atoms with Gasteiger partial charge in [-0.1, -0.05) is 13.8 Å². The van der Waals surface area contributed by atoms with Crippen LogP contribution >= 0.6 is 0 Å². The van der Waals surface area contributed by atoms with E-state index in [1.807, 2.05) is 0 Å². The fourth-order valence-electron chi connectivity index (χ4n) is 2.50. The van der Waals surface area contributed by atoms with E-state index in [0.717, 1.165) is 45.4 Å². The lowest BCUT2D eigenvalue weighted by atomic mass is 10.0. The highest BCUT2D eigenvalue weighted by Gasteiger charge is 2.23. The first-order valence-electron chi connectivity index (χ1n) is 8.21. The Morgan fingerprint density at radius 3 is 2.33 bits per heavy atom. The number of morpholine rings is 1. The Morgan fingerprint density at radius 1 is 1.24 bits per heavy atom. The third-order valence-electron chi connectivity index (χ3n) is 3.56.